The fraction of sp³-hybridized carbons (Fsp3) is 0.385. The lowest BCUT2D eigenvalue weighted by molar-refractivity contribution is -0.141. The average Bonchev–Trinajstić information content (AvgIpc) is 2.72. The van der Waals surface area contributed by atoms with Crippen molar-refractivity contribution in [3.63, 3.8) is 0 Å². The quantitative estimate of drug-likeness (QED) is 0.847. The van der Waals surface area contributed by atoms with Gasteiger partial charge in [-0.2, -0.15) is 13.2 Å². The molecule has 2 aromatic rings. The van der Waals surface area contributed by atoms with Gasteiger partial charge in [-0.15, -0.1) is 0 Å². The van der Waals surface area contributed by atoms with Crippen molar-refractivity contribution in [2.75, 3.05) is 6.54 Å². The molecule has 0 radical (unpaired) electrons. The van der Waals surface area contributed by atoms with Crippen LogP contribution in [0.3, 0.4) is 0 Å². The van der Waals surface area contributed by atoms with Gasteiger partial charge in [0, 0.05) is 5.39 Å². The van der Waals surface area contributed by atoms with Crippen molar-refractivity contribution < 1.29 is 22.0 Å². The lowest BCUT2D eigenvalue weighted by atomic mass is 10.1. The summed E-state index contributed by atoms with van der Waals surface area (Å²) in [5.74, 6) is -0.481. The Morgan fingerprint density at radius 3 is 2.63 bits per heavy atom. The smallest absolute Gasteiger partial charge is 0.391 e. The van der Waals surface area contributed by atoms with E-state index < -0.39 is 24.5 Å². The lowest BCUT2D eigenvalue weighted by Crippen LogP contribution is -2.26. The van der Waals surface area contributed by atoms with Gasteiger partial charge in [0.2, 0.25) is 0 Å². The molecule has 1 unspecified atom stereocenters. The molecule has 0 bridgehead atoms. The molecule has 2 nitrogen and oxygen atoms in total. The van der Waals surface area contributed by atoms with Crippen LogP contribution >= 0.6 is 0 Å². The molecule has 0 saturated carbocycles. The summed E-state index contributed by atoms with van der Waals surface area (Å²) < 4.78 is 56.2. The molecule has 104 valence electrons. The molecule has 1 atom stereocenters. The molecule has 0 aliphatic heterocycles. The number of furan rings is 1. The van der Waals surface area contributed by atoms with E-state index in [-0.39, 0.29) is 11.3 Å². The molecular formula is C13H13F4NO. The molecular weight excluding hydrogens is 262 g/mol. The van der Waals surface area contributed by atoms with Crippen molar-refractivity contribution >= 4 is 11.0 Å². The minimum absolute atomic E-state index is 0.0115. The lowest BCUT2D eigenvalue weighted by Gasteiger charge is -2.17. The van der Waals surface area contributed by atoms with Crippen LogP contribution in [0.2, 0.25) is 0 Å². The van der Waals surface area contributed by atoms with Gasteiger partial charge >= 0.3 is 6.18 Å². The van der Waals surface area contributed by atoms with Gasteiger partial charge in [0.1, 0.15) is 5.76 Å². The second-order valence-electron chi connectivity index (χ2n) is 4.24. The zero-order valence-corrected chi connectivity index (χ0v) is 10.2. The Kier molecular flexibility index (Phi) is 3.80. The first-order chi connectivity index (χ1) is 8.90. The number of rotatable bonds is 4. The van der Waals surface area contributed by atoms with Crippen LogP contribution in [0.5, 0.6) is 0 Å². The van der Waals surface area contributed by atoms with E-state index in [0.29, 0.717) is 11.9 Å². The van der Waals surface area contributed by atoms with Crippen molar-refractivity contribution in [1.82, 2.24) is 5.32 Å². The Morgan fingerprint density at radius 2 is 2.05 bits per heavy atom. The molecule has 0 fully saturated rings. The fourth-order valence-electron chi connectivity index (χ4n) is 1.97. The van der Waals surface area contributed by atoms with Crippen LogP contribution in [-0.4, -0.2) is 12.7 Å². The van der Waals surface area contributed by atoms with Gasteiger partial charge in [0.05, 0.1) is 12.5 Å². The summed E-state index contributed by atoms with van der Waals surface area (Å²) in [6.45, 7) is 2.06. The average molecular weight is 275 g/mol. The Bertz CT molecular complexity index is 561. The number of nitrogens with one attached hydrogen (secondary N) is 1. The van der Waals surface area contributed by atoms with Crippen molar-refractivity contribution in [3.05, 3.63) is 35.8 Å². The van der Waals surface area contributed by atoms with E-state index in [1.807, 2.05) is 0 Å². The minimum Gasteiger partial charge on any atom is -0.456 e. The molecule has 0 spiro atoms. The van der Waals surface area contributed by atoms with E-state index in [4.69, 9.17) is 4.42 Å². The van der Waals surface area contributed by atoms with E-state index in [1.165, 1.54) is 18.2 Å². The largest absolute Gasteiger partial charge is 0.456 e. The minimum atomic E-state index is -4.32. The summed E-state index contributed by atoms with van der Waals surface area (Å²) in [5.41, 5.74) is -0.0115. The number of hydrogen-bond acceptors (Lipinski definition) is 2. The van der Waals surface area contributed by atoms with Crippen LogP contribution < -0.4 is 5.32 Å². The molecule has 2 rings (SSSR count). The van der Waals surface area contributed by atoms with E-state index in [9.17, 15) is 17.6 Å². The first-order valence-corrected chi connectivity index (χ1v) is 5.89. The first-order valence-electron chi connectivity index (χ1n) is 5.89. The van der Waals surface area contributed by atoms with Gasteiger partial charge in [-0.25, -0.2) is 4.39 Å². The Hall–Kier alpha value is -1.56. The Labute approximate surface area is 107 Å². The summed E-state index contributed by atoms with van der Waals surface area (Å²) in [6.07, 6.45) is -5.37. The van der Waals surface area contributed by atoms with Gasteiger partial charge in [0.25, 0.3) is 0 Å². The first kappa shape index (κ1) is 13.9. The van der Waals surface area contributed by atoms with E-state index in [0.717, 1.165) is 0 Å². The highest BCUT2D eigenvalue weighted by atomic mass is 19.4. The third-order valence-electron chi connectivity index (χ3n) is 2.74. The van der Waals surface area contributed by atoms with Crippen LogP contribution in [0.25, 0.3) is 11.0 Å². The topological polar surface area (TPSA) is 25.2 Å². The Morgan fingerprint density at radius 1 is 1.32 bits per heavy atom. The van der Waals surface area contributed by atoms with Gasteiger partial charge in [0.15, 0.2) is 11.4 Å². The molecule has 1 aromatic heterocycles. The monoisotopic (exact) mass is 275 g/mol. The van der Waals surface area contributed by atoms with Gasteiger partial charge in [-0.1, -0.05) is 19.1 Å². The van der Waals surface area contributed by atoms with Gasteiger partial charge in [-0.3, -0.25) is 0 Å². The summed E-state index contributed by atoms with van der Waals surface area (Å²) in [4.78, 5) is 0. The predicted octanol–water partition coefficient (Wildman–Crippen LogP) is 4.17. The summed E-state index contributed by atoms with van der Waals surface area (Å²) in [7, 11) is 0. The summed E-state index contributed by atoms with van der Waals surface area (Å²) in [5, 5.41) is 3.16. The molecule has 0 amide bonds. The number of alkyl halides is 3. The van der Waals surface area contributed by atoms with E-state index in [2.05, 4.69) is 5.32 Å². The highest BCUT2D eigenvalue weighted by Crippen LogP contribution is 2.33. The number of fused-ring (bicyclic) bond motifs is 1. The number of benzene rings is 1. The van der Waals surface area contributed by atoms with Crippen LogP contribution in [-0.2, 0) is 0 Å². The molecule has 0 aliphatic rings. The number of halogens is 4. The second-order valence-corrected chi connectivity index (χ2v) is 4.24. The third kappa shape index (κ3) is 3.26. The van der Waals surface area contributed by atoms with Crippen molar-refractivity contribution in [1.29, 1.82) is 0 Å². The molecule has 0 aliphatic carbocycles. The van der Waals surface area contributed by atoms with E-state index in [1.54, 1.807) is 13.0 Å². The van der Waals surface area contributed by atoms with Crippen LogP contribution in [0, 0.1) is 5.82 Å². The van der Waals surface area contributed by atoms with Crippen LogP contribution in [0.4, 0.5) is 17.6 Å². The van der Waals surface area contributed by atoms with Crippen LogP contribution in [0.1, 0.15) is 25.1 Å². The highest BCUT2D eigenvalue weighted by molar-refractivity contribution is 5.78. The standard InChI is InChI=1S/C13H13F4NO/c1-2-18-10(7-13(15,16)17)11-6-8-4-3-5-9(14)12(8)19-11/h3-6,10,18H,2,7H2,1H3. The molecule has 1 N–H and O–H groups in total. The highest BCUT2D eigenvalue weighted by Gasteiger charge is 2.33. The summed E-state index contributed by atoms with van der Waals surface area (Å²) in [6, 6.07) is 4.74. The van der Waals surface area contributed by atoms with Crippen molar-refractivity contribution in [2.45, 2.75) is 25.6 Å². The molecule has 19 heavy (non-hydrogen) atoms. The fourth-order valence-corrected chi connectivity index (χ4v) is 1.97. The number of para-hydroxylation sites is 1. The Balaban J connectivity index is 2.36. The maximum absolute atomic E-state index is 13.5. The van der Waals surface area contributed by atoms with Crippen molar-refractivity contribution in [2.24, 2.45) is 0 Å². The maximum atomic E-state index is 13.5. The molecule has 1 aromatic carbocycles. The number of hydrogen-bond donors (Lipinski definition) is 1. The predicted molar refractivity (Wildman–Crippen MR) is 63.3 cm³/mol. The molecule has 6 heteroatoms. The second kappa shape index (κ2) is 5.21. The van der Waals surface area contributed by atoms with Crippen LogP contribution in [0.15, 0.2) is 28.7 Å². The summed E-state index contributed by atoms with van der Waals surface area (Å²) >= 11 is 0. The van der Waals surface area contributed by atoms with E-state index >= 15 is 0 Å². The SMILES string of the molecule is CCNC(CC(F)(F)F)c1cc2cccc(F)c2o1. The zero-order valence-electron chi connectivity index (χ0n) is 10.2. The maximum Gasteiger partial charge on any atom is 0.391 e. The van der Waals surface area contributed by atoms with Gasteiger partial charge < -0.3 is 9.73 Å². The van der Waals surface area contributed by atoms with Gasteiger partial charge in [-0.05, 0) is 18.7 Å². The normalized spacial score (nSPS) is 13.9. The molecule has 0 saturated heterocycles. The zero-order chi connectivity index (χ0) is 14.0. The molecule has 1 heterocycles. The van der Waals surface area contributed by atoms with Crippen molar-refractivity contribution in [3.8, 4) is 0 Å². The third-order valence-corrected chi connectivity index (χ3v) is 2.74.